The summed E-state index contributed by atoms with van der Waals surface area (Å²) in [4.78, 5) is 12.3. The molecule has 0 bridgehead atoms. The Morgan fingerprint density at radius 1 is 1.25 bits per heavy atom. The number of aromatic nitrogens is 3. The van der Waals surface area contributed by atoms with E-state index in [9.17, 15) is 13.2 Å². The summed E-state index contributed by atoms with van der Waals surface area (Å²) < 4.78 is 39.4. The number of hydrogen-bond donors (Lipinski definition) is 1. The Bertz CT molecular complexity index is 862. The molecule has 0 unspecified atom stereocenters. The fourth-order valence-corrected chi connectivity index (χ4v) is 4.04. The molecule has 0 saturated carbocycles. The van der Waals surface area contributed by atoms with Gasteiger partial charge in [-0.25, -0.2) is 9.97 Å². The normalized spacial score (nSPS) is 12.0. The van der Waals surface area contributed by atoms with Crippen molar-refractivity contribution < 1.29 is 13.2 Å². The molecule has 3 aromatic heterocycles. The summed E-state index contributed by atoms with van der Waals surface area (Å²) in [6.07, 6.45) is -2.41. The van der Waals surface area contributed by atoms with Gasteiger partial charge in [0, 0.05) is 34.5 Å². The Morgan fingerprint density at radius 2 is 2.04 bits per heavy atom. The molecule has 126 valence electrons. The van der Waals surface area contributed by atoms with Crippen LogP contribution in [0, 0.1) is 0 Å². The second kappa shape index (κ2) is 6.73. The number of aryl methyl sites for hydroxylation is 1. The molecule has 3 rings (SSSR count). The number of halogens is 4. The van der Waals surface area contributed by atoms with Crippen LogP contribution in [0.4, 0.5) is 19.0 Å². The van der Waals surface area contributed by atoms with Crippen molar-refractivity contribution in [1.82, 2.24) is 15.0 Å². The van der Waals surface area contributed by atoms with Crippen LogP contribution in [0.3, 0.4) is 0 Å². The molecule has 0 radical (unpaired) electrons. The lowest BCUT2D eigenvalue weighted by atomic mass is 10.1. The summed E-state index contributed by atoms with van der Waals surface area (Å²) in [7, 11) is 0. The Hall–Kier alpha value is -1.58. The van der Waals surface area contributed by atoms with Gasteiger partial charge in [0.2, 0.25) is 0 Å². The monoisotopic (exact) mass is 390 g/mol. The quantitative estimate of drug-likeness (QED) is 0.398. The van der Waals surface area contributed by atoms with E-state index in [2.05, 4.69) is 15.0 Å². The van der Waals surface area contributed by atoms with Crippen LogP contribution < -0.4 is 5.73 Å². The molecule has 3 aromatic rings. The number of pyridine rings is 1. The van der Waals surface area contributed by atoms with Gasteiger partial charge in [-0.3, -0.25) is 4.98 Å². The van der Waals surface area contributed by atoms with E-state index in [4.69, 9.17) is 17.3 Å². The molecule has 0 aliphatic carbocycles. The van der Waals surface area contributed by atoms with Gasteiger partial charge < -0.3 is 5.73 Å². The smallest absolute Gasteiger partial charge is 0.384 e. The van der Waals surface area contributed by atoms with Crippen LogP contribution in [0.15, 0.2) is 28.9 Å². The molecule has 2 N–H and O–H groups in total. The number of nitrogens with zero attached hydrogens (tertiary/aromatic N) is 3. The summed E-state index contributed by atoms with van der Waals surface area (Å²) in [6, 6.07) is 2.93. The second-order valence-corrected chi connectivity index (χ2v) is 7.18. The largest absolute Gasteiger partial charge is 0.417 e. The first-order valence-corrected chi connectivity index (χ1v) is 8.93. The molecule has 0 spiro atoms. The fourth-order valence-electron chi connectivity index (χ4n) is 2.06. The number of nitrogens with two attached hydrogens (primary N) is 1. The number of alkyl halides is 3. The van der Waals surface area contributed by atoms with Gasteiger partial charge in [-0.05, 0) is 12.5 Å². The molecule has 10 heteroatoms. The summed E-state index contributed by atoms with van der Waals surface area (Å²) >= 11 is 8.15. The van der Waals surface area contributed by atoms with Crippen LogP contribution in [0.25, 0.3) is 10.1 Å². The van der Waals surface area contributed by atoms with Crippen molar-refractivity contribution in [2.75, 3.05) is 11.5 Å². The van der Waals surface area contributed by atoms with Crippen molar-refractivity contribution >= 4 is 50.6 Å². The zero-order chi connectivity index (χ0) is 17.3. The van der Waals surface area contributed by atoms with Gasteiger partial charge in [0.1, 0.15) is 11.0 Å². The summed E-state index contributed by atoms with van der Waals surface area (Å²) in [6.45, 7) is 0. The first-order valence-electron chi connectivity index (χ1n) is 6.69. The summed E-state index contributed by atoms with van der Waals surface area (Å²) in [5.41, 5.74) is 5.54. The molecule has 3 heterocycles. The number of hydrogen-bond acceptors (Lipinski definition) is 6. The Morgan fingerprint density at radius 3 is 2.75 bits per heavy atom. The predicted molar refractivity (Wildman–Crippen MR) is 90.5 cm³/mol. The number of thioether (sulfide) groups is 1. The van der Waals surface area contributed by atoms with E-state index in [0.717, 1.165) is 16.7 Å². The minimum absolute atomic E-state index is 0.186. The van der Waals surface area contributed by atoms with Crippen LogP contribution >= 0.6 is 34.7 Å². The van der Waals surface area contributed by atoms with Gasteiger partial charge in [0.05, 0.1) is 10.3 Å². The molecule has 24 heavy (non-hydrogen) atoms. The van der Waals surface area contributed by atoms with E-state index in [-0.39, 0.29) is 16.4 Å². The van der Waals surface area contributed by atoms with Crippen molar-refractivity contribution in [2.24, 2.45) is 0 Å². The van der Waals surface area contributed by atoms with Crippen LogP contribution in [0.1, 0.15) is 11.3 Å². The third-order valence-corrected chi connectivity index (χ3v) is 5.08. The van der Waals surface area contributed by atoms with Crippen molar-refractivity contribution in [2.45, 2.75) is 17.8 Å². The van der Waals surface area contributed by atoms with Crippen LogP contribution in [-0.4, -0.2) is 20.7 Å². The first kappa shape index (κ1) is 17.2. The fraction of sp³-hybridized carbons (Fsp3) is 0.214. The van der Waals surface area contributed by atoms with E-state index >= 15 is 0 Å². The zero-order valence-corrected chi connectivity index (χ0v) is 14.4. The van der Waals surface area contributed by atoms with Gasteiger partial charge in [-0.15, -0.1) is 11.3 Å². The third kappa shape index (κ3) is 3.90. The maximum absolute atomic E-state index is 13.0. The SMILES string of the molecule is Nc1cc(Cl)nc(SCCc2cc3c(C(F)(F)F)csc3cn2)n1. The molecule has 0 aliphatic rings. The Labute approximate surface area is 148 Å². The van der Waals surface area contributed by atoms with E-state index < -0.39 is 11.7 Å². The van der Waals surface area contributed by atoms with Crippen LogP contribution in [0.2, 0.25) is 5.15 Å². The number of rotatable bonds is 4. The predicted octanol–water partition coefficient (Wildman–Crippen LogP) is 4.68. The minimum atomic E-state index is -4.36. The molecule has 4 nitrogen and oxygen atoms in total. The maximum Gasteiger partial charge on any atom is 0.417 e. The van der Waals surface area contributed by atoms with Gasteiger partial charge >= 0.3 is 6.18 Å². The van der Waals surface area contributed by atoms with E-state index in [0.29, 0.717) is 27.7 Å². The van der Waals surface area contributed by atoms with Gasteiger partial charge in [-0.1, -0.05) is 23.4 Å². The average Bonchev–Trinajstić information content (AvgIpc) is 2.89. The highest BCUT2D eigenvalue weighted by molar-refractivity contribution is 7.99. The molecule has 0 aromatic carbocycles. The topological polar surface area (TPSA) is 64.7 Å². The lowest BCUT2D eigenvalue weighted by Crippen LogP contribution is -2.03. The van der Waals surface area contributed by atoms with Crippen LogP contribution in [-0.2, 0) is 12.6 Å². The van der Waals surface area contributed by atoms with Crippen LogP contribution in [0.5, 0.6) is 0 Å². The molecule has 0 fully saturated rings. The molecular weight excluding hydrogens is 381 g/mol. The summed E-state index contributed by atoms with van der Waals surface area (Å²) in [5, 5.41) is 1.98. The maximum atomic E-state index is 13.0. The van der Waals surface area contributed by atoms with E-state index in [1.165, 1.54) is 30.1 Å². The number of nitrogen functional groups attached to an aromatic ring is 1. The Kier molecular flexibility index (Phi) is 4.84. The highest BCUT2D eigenvalue weighted by Crippen LogP contribution is 2.38. The summed E-state index contributed by atoms with van der Waals surface area (Å²) in [5.74, 6) is 0.814. The average molecular weight is 391 g/mol. The van der Waals surface area contributed by atoms with Gasteiger partial charge in [0.25, 0.3) is 0 Å². The standard InChI is InChI=1S/C14H10ClF3N4S2/c15-11-4-12(19)22-13(21-11)23-2-1-7-3-8-9(14(16,17)18)6-24-10(8)5-20-7/h3-6H,1-2H2,(H2,19,21,22). The Balaban J connectivity index is 1.73. The zero-order valence-electron chi connectivity index (χ0n) is 12.0. The van der Waals surface area contributed by atoms with Crippen molar-refractivity contribution in [3.05, 3.63) is 40.1 Å². The first-order chi connectivity index (χ1) is 11.3. The molecule has 0 saturated heterocycles. The minimum Gasteiger partial charge on any atom is -0.384 e. The molecule has 0 amide bonds. The van der Waals surface area contributed by atoms with Gasteiger partial charge in [0.15, 0.2) is 5.16 Å². The van der Waals surface area contributed by atoms with E-state index in [1.54, 1.807) is 0 Å². The second-order valence-electron chi connectivity index (χ2n) is 4.82. The lowest BCUT2D eigenvalue weighted by Gasteiger charge is -2.06. The number of fused-ring (bicyclic) bond motifs is 1. The van der Waals surface area contributed by atoms with Gasteiger partial charge in [-0.2, -0.15) is 13.2 Å². The molecular formula is C14H10ClF3N4S2. The molecule has 0 atom stereocenters. The van der Waals surface area contributed by atoms with E-state index in [1.807, 2.05) is 0 Å². The highest BCUT2D eigenvalue weighted by Gasteiger charge is 2.33. The third-order valence-electron chi connectivity index (χ3n) is 3.11. The molecule has 0 aliphatic heterocycles. The number of thiophene rings is 1. The van der Waals surface area contributed by atoms with Crippen molar-refractivity contribution in [3.8, 4) is 0 Å². The highest BCUT2D eigenvalue weighted by atomic mass is 35.5. The van der Waals surface area contributed by atoms with Crippen molar-refractivity contribution in [1.29, 1.82) is 0 Å². The number of anilines is 1. The lowest BCUT2D eigenvalue weighted by molar-refractivity contribution is -0.136. The van der Waals surface area contributed by atoms with Crippen molar-refractivity contribution in [3.63, 3.8) is 0 Å².